The molecule has 6 nitrogen and oxygen atoms in total. The molecule has 156 valence electrons. The van der Waals surface area contributed by atoms with Gasteiger partial charge in [0.15, 0.2) is 11.5 Å². The maximum atomic E-state index is 13.3. The molecule has 0 unspecified atom stereocenters. The van der Waals surface area contributed by atoms with Crippen molar-refractivity contribution < 1.29 is 17.9 Å². The summed E-state index contributed by atoms with van der Waals surface area (Å²) in [6.07, 6.45) is 0. The van der Waals surface area contributed by atoms with Crippen LogP contribution in [0.15, 0.2) is 41.3 Å². The van der Waals surface area contributed by atoms with E-state index in [1.165, 1.54) is 0 Å². The summed E-state index contributed by atoms with van der Waals surface area (Å²) in [6.45, 7) is 9.47. The summed E-state index contributed by atoms with van der Waals surface area (Å²) >= 11 is 0. The molecule has 0 spiro atoms. The lowest BCUT2D eigenvalue weighted by Gasteiger charge is -2.34. The Kier molecular flexibility index (Phi) is 5.55. The van der Waals surface area contributed by atoms with Gasteiger partial charge < -0.3 is 9.47 Å². The number of sulfonamides is 1. The molecular formula is C22H28N2O4S. The lowest BCUT2D eigenvalue weighted by atomic mass is 10.0. The van der Waals surface area contributed by atoms with E-state index in [1.807, 2.05) is 43.3 Å². The summed E-state index contributed by atoms with van der Waals surface area (Å²) in [4.78, 5) is 2.72. The van der Waals surface area contributed by atoms with Gasteiger partial charge in [-0.05, 0) is 47.7 Å². The SMILES string of the molecule is Cc1ccc(C(C)C)cc1S(=O)(=O)N1CCN(Cc2ccc3c(c2)OCO3)CC1. The minimum Gasteiger partial charge on any atom is -0.454 e. The maximum Gasteiger partial charge on any atom is 0.243 e. The van der Waals surface area contributed by atoms with Crippen LogP contribution in [-0.2, 0) is 16.6 Å². The van der Waals surface area contributed by atoms with E-state index in [-0.39, 0.29) is 6.79 Å². The van der Waals surface area contributed by atoms with Crippen LogP contribution >= 0.6 is 0 Å². The molecule has 1 fully saturated rings. The second-order valence-electron chi connectivity index (χ2n) is 8.05. The number of benzene rings is 2. The fraction of sp³-hybridized carbons (Fsp3) is 0.455. The van der Waals surface area contributed by atoms with Gasteiger partial charge in [0.05, 0.1) is 4.90 Å². The first kappa shape index (κ1) is 20.2. The van der Waals surface area contributed by atoms with E-state index in [4.69, 9.17) is 9.47 Å². The number of ether oxygens (including phenoxy) is 2. The third kappa shape index (κ3) is 4.13. The summed E-state index contributed by atoms with van der Waals surface area (Å²) in [7, 11) is -3.48. The Hall–Kier alpha value is -2.09. The summed E-state index contributed by atoms with van der Waals surface area (Å²) in [5.41, 5.74) is 3.00. The number of hydrogen-bond acceptors (Lipinski definition) is 5. The average Bonchev–Trinajstić information content (AvgIpc) is 3.16. The van der Waals surface area contributed by atoms with Crippen LogP contribution in [0.4, 0.5) is 0 Å². The van der Waals surface area contributed by atoms with E-state index in [1.54, 1.807) is 4.31 Å². The fourth-order valence-electron chi connectivity index (χ4n) is 3.82. The second kappa shape index (κ2) is 7.97. The summed E-state index contributed by atoms with van der Waals surface area (Å²) in [5.74, 6) is 1.86. The van der Waals surface area contributed by atoms with Gasteiger partial charge in [-0.15, -0.1) is 0 Å². The Morgan fingerprint density at radius 3 is 2.41 bits per heavy atom. The highest BCUT2D eigenvalue weighted by atomic mass is 32.2. The quantitative estimate of drug-likeness (QED) is 0.748. The third-order valence-corrected chi connectivity index (χ3v) is 7.71. The van der Waals surface area contributed by atoms with Gasteiger partial charge in [0.2, 0.25) is 16.8 Å². The van der Waals surface area contributed by atoms with Gasteiger partial charge in [-0.2, -0.15) is 4.31 Å². The van der Waals surface area contributed by atoms with Gasteiger partial charge in [-0.3, -0.25) is 4.90 Å². The molecule has 2 heterocycles. The van der Waals surface area contributed by atoms with Crippen molar-refractivity contribution in [1.29, 1.82) is 0 Å². The van der Waals surface area contributed by atoms with Crippen LogP contribution in [0.5, 0.6) is 11.5 Å². The Morgan fingerprint density at radius 1 is 0.966 bits per heavy atom. The number of fused-ring (bicyclic) bond motifs is 1. The first-order valence-electron chi connectivity index (χ1n) is 10.1. The summed E-state index contributed by atoms with van der Waals surface area (Å²) in [6, 6.07) is 11.8. The van der Waals surface area contributed by atoms with Crippen molar-refractivity contribution >= 4 is 10.0 Å². The highest BCUT2D eigenvalue weighted by molar-refractivity contribution is 7.89. The first-order valence-corrected chi connectivity index (χ1v) is 11.5. The molecule has 0 aliphatic carbocycles. The molecule has 29 heavy (non-hydrogen) atoms. The minimum atomic E-state index is -3.48. The molecule has 0 aromatic heterocycles. The molecule has 7 heteroatoms. The standard InChI is InChI=1S/C22H28N2O4S/c1-16(2)19-6-4-17(3)22(13-19)29(25,26)24-10-8-23(9-11-24)14-18-5-7-20-21(12-18)28-15-27-20/h4-7,12-13,16H,8-11,14-15H2,1-3H3. The molecule has 4 rings (SSSR count). The van der Waals surface area contributed by atoms with Crippen LogP contribution in [0.1, 0.15) is 36.5 Å². The van der Waals surface area contributed by atoms with E-state index in [0.29, 0.717) is 37.0 Å². The predicted molar refractivity (Wildman–Crippen MR) is 112 cm³/mol. The molecule has 2 aliphatic rings. The highest BCUT2D eigenvalue weighted by Crippen LogP contribution is 2.33. The number of nitrogens with zero attached hydrogens (tertiary/aromatic N) is 2. The van der Waals surface area contributed by atoms with Crippen molar-refractivity contribution in [3.63, 3.8) is 0 Å². The average molecular weight is 417 g/mol. The zero-order valence-electron chi connectivity index (χ0n) is 17.2. The molecule has 2 aromatic rings. The molecule has 1 saturated heterocycles. The molecule has 2 aliphatic heterocycles. The Bertz CT molecular complexity index is 996. The Balaban J connectivity index is 1.43. The maximum absolute atomic E-state index is 13.3. The number of piperazine rings is 1. The molecule has 0 amide bonds. The number of rotatable bonds is 5. The van der Waals surface area contributed by atoms with Crippen molar-refractivity contribution in [3.8, 4) is 11.5 Å². The molecule has 0 bridgehead atoms. The van der Waals surface area contributed by atoms with Crippen molar-refractivity contribution in [2.75, 3.05) is 33.0 Å². The van der Waals surface area contributed by atoms with Gasteiger partial charge in [0.25, 0.3) is 0 Å². The Labute approximate surface area is 173 Å². The van der Waals surface area contributed by atoms with Crippen LogP contribution in [0.25, 0.3) is 0 Å². The van der Waals surface area contributed by atoms with Crippen LogP contribution < -0.4 is 9.47 Å². The van der Waals surface area contributed by atoms with Crippen molar-refractivity contribution in [3.05, 3.63) is 53.1 Å². The van der Waals surface area contributed by atoms with Crippen molar-refractivity contribution in [1.82, 2.24) is 9.21 Å². The van der Waals surface area contributed by atoms with Crippen LogP contribution in [0, 0.1) is 6.92 Å². The van der Waals surface area contributed by atoms with Crippen molar-refractivity contribution in [2.24, 2.45) is 0 Å². The number of aryl methyl sites for hydroxylation is 1. The van der Waals surface area contributed by atoms with Gasteiger partial charge >= 0.3 is 0 Å². The molecule has 0 atom stereocenters. The minimum absolute atomic E-state index is 0.271. The zero-order chi connectivity index (χ0) is 20.6. The van der Waals surface area contributed by atoms with Crippen molar-refractivity contribution in [2.45, 2.75) is 38.1 Å². The Morgan fingerprint density at radius 2 is 1.69 bits per heavy atom. The summed E-state index contributed by atoms with van der Waals surface area (Å²) < 4.78 is 38.9. The normalized spacial score (nSPS) is 17.8. The number of hydrogen-bond donors (Lipinski definition) is 0. The van der Waals surface area contributed by atoms with E-state index < -0.39 is 10.0 Å². The van der Waals surface area contributed by atoms with Gasteiger partial charge in [-0.1, -0.05) is 32.0 Å². The molecule has 0 radical (unpaired) electrons. The predicted octanol–water partition coefficient (Wildman–Crippen LogP) is 3.35. The largest absolute Gasteiger partial charge is 0.454 e. The monoisotopic (exact) mass is 416 g/mol. The fourth-order valence-corrected chi connectivity index (χ4v) is 5.50. The molecule has 2 aromatic carbocycles. The van der Waals surface area contributed by atoms with Gasteiger partial charge in [0.1, 0.15) is 0 Å². The third-order valence-electron chi connectivity index (χ3n) is 5.67. The second-order valence-corrected chi connectivity index (χ2v) is 9.95. The molecule has 0 N–H and O–H groups in total. The van der Waals surface area contributed by atoms with E-state index in [9.17, 15) is 8.42 Å². The van der Waals surface area contributed by atoms with Crippen LogP contribution in [0.2, 0.25) is 0 Å². The van der Waals surface area contributed by atoms with E-state index >= 15 is 0 Å². The van der Waals surface area contributed by atoms with Gasteiger partial charge in [-0.25, -0.2) is 8.42 Å². The highest BCUT2D eigenvalue weighted by Gasteiger charge is 2.30. The topological polar surface area (TPSA) is 59.1 Å². The molecular weight excluding hydrogens is 388 g/mol. The van der Waals surface area contributed by atoms with Gasteiger partial charge in [0, 0.05) is 32.7 Å². The first-order chi connectivity index (χ1) is 13.8. The van der Waals surface area contributed by atoms with E-state index in [0.717, 1.165) is 34.7 Å². The van der Waals surface area contributed by atoms with E-state index in [2.05, 4.69) is 18.7 Å². The summed E-state index contributed by atoms with van der Waals surface area (Å²) in [5, 5.41) is 0. The zero-order valence-corrected chi connectivity index (χ0v) is 18.0. The lowest BCUT2D eigenvalue weighted by molar-refractivity contribution is 0.173. The smallest absolute Gasteiger partial charge is 0.243 e. The molecule has 0 saturated carbocycles. The lowest BCUT2D eigenvalue weighted by Crippen LogP contribution is -2.48. The van der Waals surface area contributed by atoms with Crippen LogP contribution in [0.3, 0.4) is 0 Å². The van der Waals surface area contributed by atoms with Crippen LogP contribution in [-0.4, -0.2) is 50.6 Å².